The lowest BCUT2D eigenvalue weighted by Crippen LogP contribution is -2.37. The quantitative estimate of drug-likeness (QED) is 0.859. The SMILES string of the molecule is CCNc1cncc(N2CCCCCC2CO)c1. The molecule has 1 fully saturated rings. The topological polar surface area (TPSA) is 48.4 Å². The first-order chi connectivity index (χ1) is 8.85. The van der Waals surface area contributed by atoms with Crippen molar-refractivity contribution in [3.63, 3.8) is 0 Å². The summed E-state index contributed by atoms with van der Waals surface area (Å²) < 4.78 is 0. The number of nitrogens with zero attached hydrogens (tertiary/aromatic N) is 2. The van der Waals surface area contributed by atoms with Crippen LogP contribution < -0.4 is 10.2 Å². The van der Waals surface area contributed by atoms with Crippen molar-refractivity contribution >= 4 is 11.4 Å². The molecule has 4 heteroatoms. The van der Waals surface area contributed by atoms with E-state index in [1.165, 1.54) is 19.3 Å². The zero-order chi connectivity index (χ0) is 12.8. The van der Waals surface area contributed by atoms with E-state index in [-0.39, 0.29) is 12.6 Å². The van der Waals surface area contributed by atoms with Gasteiger partial charge in [-0.2, -0.15) is 0 Å². The standard InChI is InChI=1S/C14H23N3O/c1-2-16-12-8-14(10-15-9-12)17-7-5-3-4-6-13(17)11-18/h8-10,13,16,18H,2-7,11H2,1H3. The van der Waals surface area contributed by atoms with Crippen molar-refractivity contribution in [1.29, 1.82) is 0 Å². The Hall–Kier alpha value is -1.29. The largest absolute Gasteiger partial charge is 0.394 e. The Morgan fingerprint density at radius 3 is 3.06 bits per heavy atom. The van der Waals surface area contributed by atoms with E-state index in [0.717, 1.165) is 30.9 Å². The first-order valence-electron chi connectivity index (χ1n) is 6.91. The third-order valence-corrected chi connectivity index (χ3v) is 3.52. The number of nitrogens with one attached hydrogen (secondary N) is 1. The van der Waals surface area contributed by atoms with Crippen LogP contribution in [0.2, 0.25) is 0 Å². The van der Waals surface area contributed by atoms with Crippen LogP contribution in [0.25, 0.3) is 0 Å². The Labute approximate surface area is 109 Å². The molecule has 0 radical (unpaired) electrons. The van der Waals surface area contributed by atoms with Crippen LogP contribution in [-0.2, 0) is 0 Å². The second kappa shape index (κ2) is 6.59. The highest BCUT2D eigenvalue weighted by molar-refractivity contribution is 5.56. The molecular weight excluding hydrogens is 226 g/mol. The van der Waals surface area contributed by atoms with Crippen LogP contribution in [0.15, 0.2) is 18.5 Å². The van der Waals surface area contributed by atoms with E-state index < -0.39 is 0 Å². The first kappa shape index (κ1) is 13.1. The molecule has 1 unspecified atom stereocenters. The number of pyridine rings is 1. The summed E-state index contributed by atoms with van der Waals surface area (Å²) in [6.45, 7) is 4.22. The maximum atomic E-state index is 9.54. The van der Waals surface area contributed by atoms with Crippen molar-refractivity contribution in [3.8, 4) is 0 Å². The molecule has 1 atom stereocenters. The van der Waals surface area contributed by atoms with Gasteiger partial charge in [-0.15, -0.1) is 0 Å². The van der Waals surface area contributed by atoms with Crippen LogP contribution in [0, 0.1) is 0 Å². The lowest BCUT2D eigenvalue weighted by Gasteiger charge is -2.30. The van der Waals surface area contributed by atoms with Gasteiger partial charge in [-0.05, 0) is 25.8 Å². The minimum absolute atomic E-state index is 0.228. The fourth-order valence-electron chi connectivity index (χ4n) is 2.59. The Morgan fingerprint density at radius 2 is 2.28 bits per heavy atom. The van der Waals surface area contributed by atoms with Crippen LogP contribution in [0.1, 0.15) is 32.6 Å². The van der Waals surface area contributed by atoms with Gasteiger partial charge < -0.3 is 15.3 Å². The summed E-state index contributed by atoms with van der Waals surface area (Å²) in [4.78, 5) is 6.60. The molecule has 2 heterocycles. The lowest BCUT2D eigenvalue weighted by molar-refractivity contribution is 0.255. The summed E-state index contributed by atoms with van der Waals surface area (Å²) in [7, 11) is 0. The molecule has 0 amide bonds. The summed E-state index contributed by atoms with van der Waals surface area (Å²) in [5.74, 6) is 0. The fourth-order valence-corrected chi connectivity index (χ4v) is 2.59. The Balaban J connectivity index is 2.18. The van der Waals surface area contributed by atoms with Gasteiger partial charge in [-0.1, -0.05) is 12.8 Å². The summed E-state index contributed by atoms with van der Waals surface area (Å²) in [5.41, 5.74) is 2.17. The predicted octanol–water partition coefficient (Wildman–Crippen LogP) is 2.25. The monoisotopic (exact) mass is 249 g/mol. The van der Waals surface area contributed by atoms with Crippen molar-refractivity contribution in [1.82, 2.24) is 4.98 Å². The number of aliphatic hydroxyl groups is 1. The molecule has 2 N–H and O–H groups in total. The normalized spacial score (nSPS) is 20.6. The summed E-state index contributed by atoms with van der Waals surface area (Å²) in [5, 5.41) is 12.8. The first-order valence-corrected chi connectivity index (χ1v) is 6.91. The van der Waals surface area contributed by atoms with E-state index in [1.807, 2.05) is 12.4 Å². The van der Waals surface area contributed by atoms with Crippen molar-refractivity contribution in [3.05, 3.63) is 18.5 Å². The van der Waals surface area contributed by atoms with Gasteiger partial charge in [0.2, 0.25) is 0 Å². The fraction of sp³-hybridized carbons (Fsp3) is 0.643. The molecule has 0 saturated carbocycles. The second-order valence-corrected chi connectivity index (χ2v) is 4.84. The number of aromatic nitrogens is 1. The molecule has 0 aromatic carbocycles. The predicted molar refractivity (Wildman–Crippen MR) is 75.1 cm³/mol. The molecule has 0 bridgehead atoms. The van der Waals surface area contributed by atoms with E-state index in [2.05, 4.69) is 28.2 Å². The van der Waals surface area contributed by atoms with Crippen molar-refractivity contribution in [2.24, 2.45) is 0 Å². The van der Waals surface area contributed by atoms with Gasteiger partial charge >= 0.3 is 0 Å². The van der Waals surface area contributed by atoms with Gasteiger partial charge in [0.05, 0.1) is 36.4 Å². The number of hydrogen-bond acceptors (Lipinski definition) is 4. The molecule has 1 aromatic heterocycles. The lowest BCUT2D eigenvalue weighted by atomic mass is 10.1. The van der Waals surface area contributed by atoms with Crippen molar-refractivity contribution in [2.75, 3.05) is 29.9 Å². The molecule has 2 rings (SSSR count). The van der Waals surface area contributed by atoms with E-state index in [0.29, 0.717) is 0 Å². The molecule has 1 saturated heterocycles. The maximum absolute atomic E-state index is 9.54. The number of rotatable bonds is 4. The van der Waals surface area contributed by atoms with E-state index in [1.54, 1.807) is 0 Å². The Morgan fingerprint density at radius 1 is 1.39 bits per heavy atom. The van der Waals surface area contributed by atoms with Crippen LogP contribution in [-0.4, -0.2) is 35.8 Å². The van der Waals surface area contributed by atoms with Crippen LogP contribution in [0.3, 0.4) is 0 Å². The highest BCUT2D eigenvalue weighted by Crippen LogP contribution is 2.25. The van der Waals surface area contributed by atoms with E-state index in [9.17, 15) is 5.11 Å². The minimum atomic E-state index is 0.228. The molecule has 1 aliphatic rings. The highest BCUT2D eigenvalue weighted by atomic mass is 16.3. The Bertz CT molecular complexity index is 370. The molecule has 100 valence electrons. The molecule has 0 spiro atoms. The molecular formula is C14H23N3O. The smallest absolute Gasteiger partial charge is 0.0635 e. The van der Waals surface area contributed by atoms with Crippen LogP contribution in [0.5, 0.6) is 0 Å². The third-order valence-electron chi connectivity index (χ3n) is 3.52. The number of hydrogen-bond donors (Lipinski definition) is 2. The van der Waals surface area contributed by atoms with E-state index in [4.69, 9.17) is 0 Å². The molecule has 4 nitrogen and oxygen atoms in total. The van der Waals surface area contributed by atoms with Gasteiger partial charge in [0, 0.05) is 13.1 Å². The molecule has 1 aromatic rings. The van der Waals surface area contributed by atoms with Gasteiger partial charge in [0.25, 0.3) is 0 Å². The summed E-state index contributed by atoms with van der Waals surface area (Å²) in [6.07, 6.45) is 8.48. The van der Waals surface area contributed by atoms with Gasteiger partial charge in [0.1, 0.15) is 0 Å². The van der Waals surface area contributed by atoms with Crippen LogP contribution in [0.4, 0.5) is 11.4 Å². The Kier molecular flexibility index (Phi) is 4.81. The van der Waals surface area contributed by atoms with Gasteiger partial charge in [-0.3, -0.25) is 4.98 Å². The third kappa shape index (κ3) is 3.13. The molecule has 18 heavy (non-hydrogen) atoms. The zero-order valence-corrected chi connectivity index (χ0v) is 11.1. The number of aliphatic hydroxyl groups excluding tert-OH is 1. The average Bonchev–Trinajstić information content (AvgIpc) is 2.64. The summed E-state index contributed by atoms with van der Waals surface area (Å²) >= 11 is 0. The number of anilines is 2. The van der Waals surface area contributed by atoms with Gasteiger partial charge in [-0.25, -0.2) is 0 Å². The van der Waals surface area contributed by atoms with Gasteiger partial charge in [0.15, 0.2) is 0 Å². The van der Waals surface area contributed by atoms with E-state index >= 15 is 0 Å². The molecule has 0 aliphatic carbocycles. The molecule has 1 aliphatic heterocycles. The average molecular weight is 249 g/mol. The minimum Gasteiger partial charge on any atom is -0.394 e. The van der Waals surface area contributed by atoms with Crippen LogP contribution >= 0.6 is 0 Å². The zero-order valence-electron chi connectivity index (χ0n) is 11.1. The maximum Gasteiger partial charge on any atom is 0.0635 e. The van der Waals surface area contributed by atoms with Crippen molar-refractivity contribution < 1.29 is 5.11 Å². The summed E-state index contributed by atoms with van der Waals surface area (Å²) in [6, 6.07) is 2.37. The highest BCUT2D eigenvalue weighted by Gasteiger charge is 2.20. The second-order valence-electron chi connectivity index (χ2n) is 4.84. The van der Waals surface area contributed by atoms with Crippen molar-refractivity contribution in [2.45, 2.75) is 38.6 Å².